The summed E-state index contributed by atoms with van der Waals surface area (Å²) in [6, 6.07) is 0. The zero-order valence-corrected chi connectivity index (χ0v) is 17.6. The maximum atomic E-state index is 10.7. The predicted molar refractivity (Wildman–Crippen MR) is 116 cm³/mol. The number of hydrogen-bond acceptors (Lipinski definition) is 7. The number of rotatable bonds is 4. The average molecular weight is 405 g/mol. The van der Waals surface area contributed by atoms with Crippen LogP contribution in [-0.4, -0.2) is 35.5 Å². The first-order valence-corrected chi connectivity index (χ1v) is 10.3. The molecule has 2 rings (SSSR count). The molecule has 0 amide bonds. The van der Waals surface area contributed by atoms with Crippen LogP contribution in [0, 0.1) is 0 Å². The van der Waals surface area contributed by atoms with Crippen molar-refractivity contribution in [3.8, 4) is 0 Å². The van der Waals surface area contributed by atoms with Gasteiger partial charge in [0.05, 0.1) is 19.9 Å². The van der Waals surface area contributed by atoms with E-state index in [1.54, 1.807) is 25.1 Å². The molecular weight excluding hydrogens is 380 g/mol. The van der Waals surface area contributed by atoms with E-state index < -0.39 is 0 Å². The zero-order valence-electron chi connectivity index (χ0n) is 16.0. The number of carbonyl (C=O) groups excluding carboxylic acids is 1. The minimum absolute atomic E-state index is 0.255. The quantitative estimate of drug-likeness (QED) is 0.617. The molecule has 0 fully saturated rings. The lowest BCUT2D eigenvalue weighted by molar-refractivity contribution is -0.125. The van der Waals surface area contributed by atoms with Crippen LogP contribution >= 0.6 is 23.5 Å². The Labute approximate surface area is 169 Å². The van der Waals surface area contributed by atoms with Crippen molar-refractivity contribution in [3.05, 3.63) is 58.6 Å². The summed E-state index contributed by atoms with van der Waals surface area (Å²) < 4.78 is 10.4. The van der Waals surface area contributed by atoms with Crippen molar-refractivity contribution in [2.45, 2.75) is 32.4 Å². The SMILES string of the molecule is CO/C1=C\SC(C2=NC/C(C)=C\C(C)=C/C(C)S2)=N/C=C(\OC=O)CC=C1. The zero-order chi connectivity index (χ0) is 19.6. The summed E-state index contributed by atoms with van der Waals surface area (Å²) in [6.45, 7) is 7.34. The van der Waals surface area contributed by atoms with Gasteiger partial charge in [-0.1, -0.05) is 52.9 Å². The van der Waals surface area contributed by atoms with Crippen LogP contribution in [0.25, 0.3) is 0 Å². The smallest absolute Gasteiger partial charge is 0.298 e. The lowest BCUT2D eigenvalue weighted by Crippen LogP contribution is -2.11. The van der Waals surface area contributed by atoms with E-state index >= 15 is 0 Å². The number of methoxy groups -OCH3 is 1. The largest absolute Gasteiger partial charge is 0.496 e. The molecule has 2 aliphatic heterocycles. The maximum Gasteiger partial charge on any atom is 0.298 e. The fraction of sp³-hybridized carbons (Fsp3) is 0.350. The Morgan fingerprint density at radius 2 is 2.11 bits per heavy atom. The molecule has 27 heavy (non-hydrogen) atoms. The summed E-state index contributed by atoms with van der Waals surface area (Å²) in [4.78, 5) is 20.1. The lowest BCUT2D eigenvalue weighted by atomic mass is 10.1. The third kappa shape index (κ3) is 7.27. The second-order valence-corrected chi connectivity index (χ2v) is 8.26. The summed E-state index contributed by atoms with van der Waals surface area (Å²) >= 11 is 3.10. The maximum absolute atomic E-state index is 10.7. The molecule has 0 spiro atoms. The van der Waals surface area contributed by atoms with Crippen LogP contribution in [0.15, 0.2) is 68.6 Å². The number of ether oxygens (including phenoxy) is 2. The molecule has 0 aliphatic carbocycles. The van der Waals surface area contributed by atoms with E-state index in [0.717, 1.165) is 10.1 Å². The molecule has 0 aromatic heterocycles. The van der Waals surface area contributed by atoms with Gasteiger partial charge in [-0.05, 0) is 26.8 Å². The molecule has 2 heterocycles. The van der Waals surface area contributed by atoms with Crippen LogP contribution in [0.4, 0.5) is 0 Å². The number of thioether (sulfide) groups is 2. The highest BCUT2D eigenvalue weighted by molar-refractivity contribution is 8.26. The van der Waals surface area contributed by atoms with E-state index in [-0.39, 0.29) is 5.25 Å². The number of nitrogens with zero attached hydrogens (tertiary/aromatic N) is 2. The van der Waals surface area contributed by atoms with Gasteiger partial charge in [-0.3, -0.25) is 9.79 Å². The molecule has 144 valence electrons. The van der Waals surface area contributed by atoms with E-state index in [0.29, 0.717) is 31.0 Å². The fourth-order valence-corrected chi connectivity index (χ4v) is 4.33. The third-order valence-electron chi connectivity index (χ3n) is 3.57. The summed E-state index contributed by atoms with van der Waals surface area (Å²) in [5.41, 5.74) is 2.43. The minimum atomic E-state index is 0.255. The van der Waals surface area contributed by atoms with Crippen LogP contribution in [-0.2, 0) is 14.3 Å². The Hall–Kier alpha value is -1.99. The van der Waals surface area contributed by atoms with Crippen LogP contribution < -0.4 is 0 Å². The van der Waals surface area contributed by atoms with E-state index in [1.165, 1.54) is 22.9 Å². The van der Waals surface area contributed by atoms with E-state index in [2.05, 4.69) is 37.9 Å². The molecule has 1 atom stereocenters. The second kappa shape index (κ2) is 11.0. The standard InChI is InChI=1S/C20H24N2O3S2/c1-14-8-15(2)10-21-20(27-16(3)9-14)19-22-11-17(25-13-23)6-5-7-18(24-4)12-26-19/h5,7-9,11-13,16H,6,10H2,1-4H3/b7-5?,14-9-,15-8-,17-11-,18-12-,21-20?,22-19?. The Kier molecular flexibility index (Phi) is 8.67. The molecule has 5 nitrogen and oxygen atoms in total. The molecule has 0 N–H and O–H groups in total. The van der Waals surface area contributed by atoms with Gasteiger partial charge in [0, 0.05) is 17.1 Å². The molecule has 2 aliphatic rings. The van der Waals surface area contributed by atoms with Crippen molar-refractivity contribution < 1.29 is 14.3 Å². The Balaban J connectivity index is 2.41. The molecule has 0 radical (unpaired) electrons. The lowest BCUT2D eigenvalue weighted by Gasteiger charge is -2.12. The molecule has 0 bridgehead atoms. The molecule has 7 heteroatoms. The number of aliphatic imine (C=N–C) groups is 2. The van der Waals surface area contributed by atoms with Crippen molar-refractivity contribution in [2.75, 3.05) is 13.7 Å². The summed E-state index contributed by atoms with van der Waals surface area (Å²) in [6.07, 6.45) is 10.1. The number of allylic oxidation sites excluding steroid dienone is 4. The third-order valence-corrected chi connectivity index (χ3v) is 5.63. The van der Waals surface area contributed by atoms with Gasteiger partial charge in [-0.2, -0.15) is 0 Å². The topological polar surface area (TPSA) is 60.3 Å². The normalized spacial score (nSPS) is 29.4. The van der Waals surface area contributed by atoms with Crippen molar-refractivity contribution in [2.24, 2.45) is 9.98 Å². The van der Waals surface area contributed by atoms with Gasteiger partial charge >= 0.3 is 0 Å². The van der Waals surface area contributed by atoms with Crippen molar-refractivity contribution >= 4 is 40.1 Å². The monoisotopic (exact) mass is 404 g/mol. The van der Waals surface area contributed by atoms with Gasteiger partial charge in [0.2, 0.25) is 0 Å². The summed E-state index contributed by atoms with van der Waals surface area (Å²) in [5, 5.41) is 3.75. The number of carbonyl (C=O) groups is 1. The highest BCUT2D eigenvalue weighted by atomic mass is 32.2. The summed E-state index contributed by atoms with van der Waals surface area (Å²) in [7, 11) is 1.62. The van der Waals surface area contributed by atoms with Gasteiger partial charge < -0.3 is 9.47 Å². The highest BCUT2D eigenvalue weighted by Crippen LogP contribution is 2.26. The highest BCUT2D eigenvalue weighted by Gasteiger charge is 2.15. The first-order chi connectivity index (χ1) is 13.0. The van der Waals surface area contributed by atoms with Gasteiger partial charge in [0.1, 0.15) is 21.6 Å². The van der Waals surface area contributed by atoms with Gasteiger partial charge in [-0.15, -0.1) is 0 Å². The van der Waals surface area contributed by atoms with E-state index in [4.69, 9.17) is 14.5 Å². The molecule has 0 aromatic rings. The first kappa shape index (κ1) is 21.3. The van der Waals surface area contributed by atoms with Crippen LogP contribution in [0.2, 0.25) is 0 Å². The van der Waals surface area contributed by atoms with Gasteiger partial charge in [0.25, 0.3) is 6.47 Å². The summed E-state index contributed by atoms with van der Waals surface area (Å²) in [5.74, 6) is 1.17. The molecule has 1 unspecified atom stereocenters. The Bertz CT molecular complexity index is 774. The minimum Gasteiger partial charge on any atom is -0.496 e. The molecule has 0 saturated carbocycles. The fourth-order valence-electron chi connectivity index (χ4n) is 2.43. The Morgan fingerprint density at radius 1 is 1.30 bits per heavy atom. The van der Waals surface area contributed by atoms with Crippen LogP contribution in [0.3, 0.4) is 0 Å². The predicted octanol–water partition coefficient (Wildman–Crippen LogP) is 5.01. The van der Waals surface area contributed by atoms with Gasteiger partial charge in [-0.25, -0.2) is 4.99 Å². The molecule has 0 aromatic carbocycles. The average Bonchev–Trinajstić information content (AvgIpc) is 2.68. The van der Waals surface area contributed by atoms with E-state index in [9.17, 15) is 4.79 Å². The first-order valence-electron chi connectivity index (χ1n) is 8.53. The molecular formula is C20H24N2O3S2. The Morgan fingerprint density at radius 3 is 2.85 bits per heavy atom. The van der Waals surface area contributed by atoms with E-state index in [1.807, 2.05) is 17.6 Å². The van der Waals surface area contributed by atoms with Crippen LogP contribution in [0.5, 0.6) is 0 Å². The van der Waals surface area contributed by atoms with Crippen molar-refractivity contribution in [1.82, 2.24) is 0 Å². The van der Waals surface area contributed by atoms with Gasteiger partial charge in [0.15, 0.2) is 0 Å². The van der Waals surface area contributed by atoms with Crippen molar-refractivity contribution in [3.63, 3.8) is 0 Å². The number of hydrogen-bond donors (Lipinski definition) is 0. The molecule has 0 saturated heterocycles. The van der Waals surface area contributed by atoms with Crippen molar-refractivity contribution in [1.29, 1.82) is 0 Å². The van der Waals surface area contributed by atoms with Crippen LogP contribution in [0.1, 0.15) is 27.2 Å². The second-order valence-electron chi connectivity index (χ2n) is 6.04.